The van der Waals surface area contributed by atoms with Gasteiger partial charge in [0.25, 0.3) is 0 Å². The van der Waals surface area contributed by atoms with Crippen LogP contribution in [0.25, 0.3) is 0 Å². The highest BCUT2D eigenvalue weighted by Crippen LogP contribution is 2.19. The Morgan fingerprint density at radius 2 is 1.71 bits per heavy atom. The first-order chi connectivity index (χ1) is 11.3. The molecule has 1 aromatic heterocycles. The second-order valence-corrected chi connectivity index (χ2v) is 6.21. The average Bonchev–Trinajstić information content (AvgIpc) is 2.55. The van der Waals surface area contributed by atoms with Crippen LogP contribution in [0.3, 0.4) is 0 Å². The number of rotatable bonds is 4. The van der Waals surface area contributed by atoms with Gasteiger partial charge in [0, 0.05) is 11.1 Å². The van der Waals surface area contributed by atoms with Crippen LogP contribution in [-0.2, 0) is 9.53 Å². The summed E-state index contributed by atoms with van der Waals surface area (Å²) in [5.74, 6) is 0.322. The molecule has 0 saturated carbocycles. The number of hydrogen-bond acceptors (Lipinski definition) is 6. The summed E-state index contributed by atoms with van der Waals surface area (Å²) in [7, 11) is 1.33. The normalized spacial score (nSPS) is 10.8. The maximum absolute atomic E-state index is 11.9. The molecule has 0 saturated heterocycles. The average molecular weight is 328 g/mol. The van der Waals surface area contributed by atoms with Crippen LogP contribution >= 0.6 is 0 Å². The quantitative estimate of drug-likeness (QED) is 0.838. The number of aromatic nitrogens is 2. The molecule has 2 rings (SSSR count). The van der Waals surface area contributed by atoms with Crippen LogP contribution < -0.4 is 10.6 Å². The first-order valence-electron chi connectivity index (χ1n) is 7.40. The summed E-state index contributed by atoms with van der Waals surface area (Å²) >= 11 is 0. The monoisotopic (exact) mass is 328 g/mol. The molecule has 0 aliphatic rings. The van der Waals surface area contributed by atoms with Crippen LogP contribution in [0.15, 0.2) is 36.4 Å². The third-order valence-corrected chi connectivity index (χ3v) is 3.14. The van der Waals surface area contributed by atoms with Crippen LogP contribution in [0.5, 0.6) is 0 Å². The molecule has 0 fully saturated rings. The van der Waals surface area contributed by atoms with E-state index >= 15 is 0 Å². The number of carbonyl (C=O) groups excluding carboxylic acids is 2. The Hall–Kier alpha value is -2.96. The molecule has 1 amide bonds. The third-order valence-electron chi connectivity index (χ3n) is 3.14. The maximum Gasteiger partial charge on any atom is 0.337 e. The number of benzene rings is 1. The van der Waals surface area contributed by atoms with Gasteiger partial charge in [0.05, 0.1) is 12.7 Å². The van der Waals surface area contributed by atoms with E-state index in [4.69, 9.17) is 0 Å². The maximum atomic E-state index is 11.9. The predicted molar refractivity (Wildman–Crippen MR) is 91.2 cm³/mol. The lowest BCUT2D eigenvalue weighted by Crippen LogP contribution is -2.28. The molecule has 0 radical (unpaired) electrons. The molecule has 0 atom stereocenters. The van der Waals surface area contributed by atoms with Gasteiger partial charge in [-0.15, -0.1) is 10.2 Å². The van der Waals surface area contributed by atoms with E-state index in [0.29, 0.717) is 22.9 Å². The Labute approximate surface area is 140 Å². The Kier molecular flexibility index (Phi) is 5.13. The fraction of sp³-hybridized carbons (Fsp3) is 0.294. The number of hydrogen-bond donors (Lipinski definition) is 2. The first-order valence-corrected chi connectivity index (χ1v) is 7.40. The van der Waals surface area contributed by atoms with E-state index in [9.17, 15) is 9.59 Å². The van der Waals surface area contributed by atoms with Gasteiger partial charge in [-0.25, -0.2) is 4.79 Å². The highest BCUT2D eigenvalue weighted by Gasteiger charge is 2.21. The molecule has 2 N–H and O–H groups in total. The number of nitrogens with one attached hydrogen (secondary N) is 2. The molecule has 7 heteroatoms. The van der Waals surface area contributed by atoms with E-state index in [0.717, 1.165) is 0 Å². The summed E-state index contributed by atoms with van der Waals surface area (Å²) in [5, 5.41) is 13.7. The molecule has 24 heavy (non-hydrogen) atoms. The van der Waals surface area contributed by atoms with Crippen molar-refractivity contribution in [3.63, 3.8) is 0 Å². The summed E-state index contributed by atoms with van der Waals surface area (Å²) in [5.41, 5.74) is 0.607. The van der Waals surface area contributed by atoms with Crippen LogP contribution in [0.4, 0.5) is 17.3 Å². The van der Waals surface area contributed by atoms with Gasteiger partial charge in [-0.1, -0.05) is 26.8 Å². The van der Waals surface area contributed by atoms with Gasteiger partial charge in [-0.3, -0.25) is 4.79 Å². The van der Waals surface area contributed by atoms with Crippen molar-refractivity contribution < 1.29 is 14.3 Å². The molecule has 0 unspecified atom stereocenters. The molecular weight excluding hydrogens is 308 g/mol. The molecule has 0 aliphatic heterocycles. The number of esters is 1. The van der Waals surface area contributed by atoms with Crippen molar-refractivity contribution >= 4 is 29.2 Å². The van der Waals surface area contributed by atoms with Gasteiger partial charge in [-0.2, -0.15) is 0 Å². The van der Waals surface area contributed by atoms with E-state index in [1.54, 1.807) is 36.4 Å². The summed E-state index contributed by atoms with van der Waals surface area (Å²) in [6.07, 6.45) is 0. The van der Waals surface area contributed by atoms with Crippen molar-refractivity contribution in [1.29, 1.82) is 0 Å². The number of carbonyl (C=O) groups is 2. The minimum Gasteiger partial charge on any atom is -0.465 e. The molecule has 2 aromatic rings. The Morgan fingerprint density at radius 1 is 1.04 bits per heavy atom. The highest BCUT2D eigenvalue weighted by molar-refractivity contribution is 5.93. The van der Waals surface area contributed by atoms with E-state index in [-0.39, 0.29) is 5.91 Å². The van der Waals surface area contributed by atoms with Crippen molar-refractivity contribution in [2.45, 2.75) is 20.8 Å². The lowest BCUT2D eigenvalue weighted by Gasteiger charge is -2.16. The zero-order chi connectivity index (χ0) is 17.7. The molecule has 0 spiro atoms. The molecular formula is C17H20N4O3. The van der Waals surface area contributed by atoms with Gasteiger partial charge in [0.2, 0.25) is 5.91 Å². The molecule has 0 bridgehead atoms. The summed E-state index contributed by atoms with van der Waals surface area (Å²) in [6, 6.07) is 10.2. The summed E-state index contributed by atoms with van der Waals surface area (Å²) in [6.45, 7) is 5.46. The van der Waals surface area contributed by atoms with Crippen molar-refractivity contribution in [3.05, 3.63) is 42.0 Å². The fourth-order valence-corrected chi connectivity index (χ4v) is 1.76. The molecule has 126 valence electrons. The van der Waals surface area contributed by atoms with E-state index < -0.39 is 11.4 Å². The van der Waals surface area contributed by atoms with Crippen LogP contribution in [0.1, 0.15) is 31.1 Å². The van der Waals surface area contributed by atoms with Crippen LogP contribution in [0.2, 0.25) is 0 Å². The van der Waals surface area contributed by atoms with Gasteiger partial charge in [-0.05, 0) is 30.3 Å². The predicted octanol–water partition coefficient (Wildman–Crippen LogP) is 2.99. The second kappa shape index (κ2) is 7.08. The van der Waals surface area contributed by atoms with Crippen LogP contribution in [-0.4, -0.2) is 29.2 Å². The molecule has 0 aliphatic carbocycles. The Bertz CT molecular complexity index is 736. The first kappa shape index (κ1) is 17.4. The highest BCUT2D eigenvalue weighted by atomic mass is 16.5. The molecule has 1 heterocycles. The smallest absolute Gasteiger partial charge is 0.337 e. The Balaban J connectivity index is 2.07. The summed E-state index contributed by atoms with van der Waals surface area (Å²) in [4.78, 5) is 23.4. The number of amides is 1. The number of ether oxygens (including phenoxy) is 1. The Morgan fingerprint density at radius 3 is 2.29 bits per heavy atom. The lowest BCUT2D eigenvalue weighted by molar-refractivity contribution is -0.123. The van der Waals surface area contributed by atoms with Gasteiger partial charge < -0.3 is 15.4 Å². The van der Waals surface area contributed by atoms with E-state index in [2.05, 4.69) is 25.6 Å². The number of methoxy groups -OCH3 is 1. The summed E-state index contributed by atoms with van der Waals surface area (Å²) < 4.78 is 4.69. The zero-order valence-electron chi connectivity index (χ0n) is 14.1. The number of nitrogens with zero attached hydrogens (tertiary/aromatic N) is 2. The SMILES string of the molecule is COC(=O)c1cccc(Nc2ccc(NC(=O)C(C)(C)C)nn2)c1. The minimum absolute atomic E-state index is 0.136. The van der Waals surface area contributed by atoms with Gasteiger partial charge in [0.15, 0.2) is 11.6 Å². The fourth-order valence-electron chi connectivity index (χ4n) is 1.76. The standard InChI is InChI=1S/C17H20N4O3/c1-17(2,3)16(23)19-14-9-8-13(20-21-14)18-12-7-5-6-11(10-12)15(22)24-4/h5-10H,1-4H3,(H,18,20)(H,19,21,23). The minimum atomic E-state index is -0.507. The third kappa shape index (κ3) is 4.52. The van der Waals surface area contributed by atoms with Crippen molar-refractivity contribution in [2.75, 3.05) is 17.7 Å². The zero-order valence-corrected chi connectivity index (χ0v) is 14.1. The van der Waals surface area contributed by atoms with Gasteiger partial charge >= 0.3 is 5.97 Å². The van der Waals surface area contributed by atoms with Crippen molar-refractivity contribution in [2.24, 2.45) is 5.41 Å². The molecule has 7 nitrogen and oxygen atoms in total. The largest absolute Gasteiger partial charge is 0.465 e. The molecule has 1 aromatic carbocycles. The van der Waals surface area contributed by atoms with E-state index in [1.807, 2.05) is 20.8 Å². The van der Waals surface area contributed by atoms with Crippen molar-refractivity contribution in [1.82, 2.24) is 10.2 Å². The van der Waals surface area contributed by atoms with Gasteiger partial charge in [0.1, 0.15) is 0 Å². The lowest BCUT2D eigenvalue weighted by atomic mass is 9.96. The van der Waals surface area contributed by atoms with Crippen LogP contribution in [0, 0.1) is 5.41 Å². The number of anilines is 3. The second-order valence-electron chi connectivity index (χ2n) is 6.21. The topological polar surface area (TPSA) is 93.2 Å². The van der Waals surface area contributed by atoms with E-state index in [1.165, 1.54) is 7.11 Å². The van der Waals surface area contributed by atoms with Crippen molar-refractivity contribution in [3.8, 4) is 0 Å².